The molecular weight excluding hydrogens is 163 g/mol. The summed E-state index contributed by atoms with van der Waals surface area (Å²) in [7, 11) is 0. The zero-order valence-electron chi connectivity index (χ0n) is 5.53. The number of carbonyl (C=O) groups excluding carboxylic acids is 1. The molecule has 4 nitrogen and oxygen atoms in total. The van der Waals surface area contributed by atoms with Crippen molar-refractivity contribution < 1.29 is 71.2 Å². The van der Waals surface area contributed by atoms with E-state index < -0.39 is 11.9 Å². The van der Waals surface area contributed by atoms with Gasteiger partial charge in [-0.15, -0.1) is 0 Å². The fourth-order valence-electron chi connectivity index (χ4n) is 0.256. The molecule has 0 rings (SSSR count). The molecule has 0 aromatic heterocycles. The van der Waals surface area contributed by atoms with Crippen LogP contribution in [-0.4, -0.2) is 17.0 Å². The Morgan fingerprint density at radius 2 is 2.00 bits per heavy atom. The van der Waals surface area contributed by atoms with Crippen LogP contribution >= 0.6 is 0 Å². The van der Waals surface area contributed by atoms with Crippen LogP contribution in [0.25, 0.3) is 0 Å². The Labute approximate surface area is 100 Å². The topological polar surface area (TPSA) is 77.4 Å². The van der Waals surface area contributed by atoms with Crippen molar-refractivity contribution in [2.24, 2.45) is 0 Å². The molecule has 0 atom stereocenters. The minimum Gasteiger partial charge on any atom is -0.545 e. The third-order valence-electron chi connectivity index (χ3n) is 0.546. The SMILES string of the molecule is O=C([O-])/C=C/CC(=O)O.[K+]. The molecular formula is C5H5KO4. The summed E-state index contributed by atoms with van der Waals surface area (Å²) in [5, 5.41) is 17.6. The van der Waals surface area contributed by atoms with Crippen LogP contribution in [0.15, 0.2) is 12.2 Å². The standard InChI is InChI=1S/C5H6O4.K/c6-4(7)2-1-3-5(8)9;/h1-2H,3H2,(H,6,7)(H,8,9);/q;+1/p-1/b2-1+;. The van der Waals surface area contributed by atoms with Crippen molar-refractivity contribution in [3.63, 3.8) is 0 Å². The van der Waals surface area contributed by atoms with Gasteiger partial charge in [-0.25, -0.2) is 0 Å². The molecule has 0 saturated heterocycles. The molecule has 0 aromatic carbocycles. The Morgan fingerprint density at radius 1 is 1.50 bits per heavy atom. The van der Waals surface area contributed by atoms with Crippen molar-refractivity contribution in [1.82, 2.24) is 0 Å². The molecule has 0 unspecified atom stereocenters. The molecule has 0 spiro atoms. The Kier molecular flexibility index (Phi) is 9.61. The first-order valence-corrected chi connectivity index (χ1v) is 2.22. The van der Waals surface area contributed by atoms with Crippen LogP contribution in [0.3, 0.4) is 0 Å². The average molecular weight is 168 g/mol. The molecule has 5 heteroatoms. The third-order valence-corrected chi connectivity index (χ3v) is 0.546. The number of carboxylic acids is 2. The number of carbonyl (C=O) groups is 2. The molecule has 0 heterocycles. The predicted octanol–water partition coefficient (Wildman–Crippen LogP) is -4.23. The molecule has 0 amide bonds. The van der Waals surface area contributed by atoms with Crippen molar-refractivity contribution in [3.8, 4) is 0 Å². The Balaban J connectivity index is 0. The van der Waals surface area contributed by atoms with Crippen molar-refractivity contribution in [2.45, 2.75) is 6.42 Å². The molecule has 0 fully saturated rings. The molecule has 0 aliphatic rings. The second-order valence-corrected chi connectivity index (χ2v) is 1.32. The monoisotopic (exact) mass is 168 g/mol. The van der Waals surface area contributed by atoms with E-state index in [-0.39, 0.29) is 57.8 Å². The molecule has 0 aliphatic carbocycles. The maximum Gasteiger partial charge on any atom is 1.00 e. The Morgan fingerprint density at radius 3 is 2.30 bits per heavy atom. The number of hydrogen-bond acceptors (Lipinski definition) is 3. The molecule has 0 saturated carbocycles. The minimum absolute atomic E-state index is 0. The predicted molar refractivity (Wildman–Crippen MR) is 26.4 cm³/mol. The van der Waals surface area contributed by atoms with Crippen LogP contribution in [0.5, 0.6) is 0 Å². The van der Waals surface area contributed by atoms with E-state index in [0.29, 0.717) is 6.08 Å². The number of carboxylic acid groups (broad SMARTS) is 2. The second-order valence-electron chi connectivity index (χ2n) is 1.32. The summed E-state index contributed by atoms with van der Waals surface area (Å²) in [6, 6.07) is 0. The maximum atomic E-state index is 9.72. The van der Waals surface area contributed by atoms with E-state index in [1.165, 1.54) is 0 Å². The van der Waals surface area contributed by atoms with Crippen molar-refractivity contribution in [1.29, 1.82) is 0 Å². The first-order chi connectivity index (χ1) is 4.13. The Hall–Kier alpha value is 0.316. The summed E-state index contributed by atoms with van der Waals surface area (Å²) in [6.45, 7) is 0. The zero-order chi connectivity index (χ0) is 7.28. The smallest absolute Gasteiger partial charge is 0.545 e. The van der Waals surface area contributed by atoms with E-state index in [9.17, 15) is 14.7 Å². The van der Waals surface area contributed by atoms with Gasteiger partial charge in [0.2, 0.25) is 0 Å². The molecule has 1 N–H and O–H groups in total. The molecule has 0 aromatic rings. The van der Waals surface area contributed by atoms with E-state index in [2.05, 4.69) is 0 Å². The van der Waals surface area contributed by atoms with Crippen LogP contribution in [0.2, 0.25) is 0 Å². The first kappa shape index (κ1) is 12.9. The van der Waals surface area contributed by atoms with Gasteiger partial charge >= 0.3 is 57.4 Å². The molecule has 10 heavy (non-hydrogen) atoms. The van der Waals surface area contributed by atoms with Crippen molar-refractivity contribution in [2.75, 3.05) is 0 Å². The van der Waals surface area contributed by atoms with Crippen molar-refractivity contribution >= 4 is 11.9 Å². The molecule has 0 bridgehead atoms. The van der Waals surface area contributed by atoms with Gasteiger partial charge in [0.15, 0.2) is 0 Å². The molecule has 0 aliphatic heterocycles. The minimum atomic E-state index is -1.38. The maximum absolute atomic E-state index is 9.72. The van der Waals surface area contributed by atoms with Crippen molar-refractivity contribution in [3.05, 3.63) is 12.2 Å². The van der Waals surface area contributed by atoms with Gasteiger partial charge in [-0.05, 0) is 6.08 Å². The normalized spacial score (nSPS) is 8.80. The molecule has 50 valence electrons. The summed E-state index contributed by atoms with van der Waals surface area (Å²) >= 11 is 0. The number of hydrogen-bond donors (Lipinski definition) is 1. The average Bonchev–Trinajstić information content (AvgIpc) is 1.63. The summed E-state index contributed by atoms with van der Waals surface area (Å²) < 4.78 is 0. The van der Waals surface area contributed by atoms with Gasteiger partial charge in [0.25, 0.3) is 0 Å². The fraction of sp³-hybridized carbons (Fsp3) is 0.200. The first-order valence-electron chi connectivity index (χ1n) is 2.22. The summed E-state index contributed by atoms with van der Waals surface area (Å²) in [5.41, 5.74) is 0. The van der Waals surface area contributed by atoms with Crippen LogP contribution in [-0.2, 0) is 9.59 Å². The second kappa shape index (κ2) is 7.42. The van der Waals surface area contributed by atoms with E-state index in [1.54, 1.807) is 0 Å². The van der Waals surface area contributed by atoms with E-state index in [1.807, 2.05) is 0 Å². The summed E-state index contributed by atoms with van der Waals surface area (Å²) in [6.07, 6.45) is 1.42. The third kappa shape index (κ3) is 11.2. The van der Waals surface area contributed by atoms with Gasteiger partial charge < -0.3 is 15.0 Å². The zero-order valence-corrected chi connectivity index (χ0v) is 8.66. The van der Waals surface area contributed by atoms with Gasteiger partial charge in [-0.1, -0.05) is 6.08 Å². The van der Waals surface area contributed by atoms with Gasteiger partial charge in [0.1, 0.15) is 0 Å². The van der Waals surface area contributed by atoms with Gasteiger partial charge in [-0.2, -0.15) is 0 Å². The van der Waals surface area contributed by atoms with Crippen LogP contribution in [0.4, 0.5) is 0 Å². The van der Waals surface area contributed by atoms with E-state index in [4.69, 9.17) is 5.11 Å². The molecule has 0 radical (unpaired) electrons. The fourth-order valence-corrected chi connectivity index (χ4v) is 0.256. The van der Waals surface area contributed by atoms with Gasteiger partial charge in [-0.3, -0.25) is 4.79 Å². The van der Waals surface area contributed by atoms with Gasteiger partial charge in [0, 0.05) is 0 Å². The summed E-state index contributed by atoms with van der Waals surface area (Å²) in [5.74, 6) is -2.44. The van der Waals surface area contributed by atoms with Crippen LogP contribution in [0.1, 0.15) is 6.42 Å². The van der Waals surface area contributed by atoms with E-state index >= 15 is 0 Å². The number of aliphatic carboxylic acids is 2. The van der Waals surface area contributed by atoms with Crippen LogP contribution < -0.4 is 56.5 Å². The Bertz CT molecular complexity index is 152. The van der Waals surface area contributed by atoms with Gasteiger partial charge in [0.05, 0.1) is 12.4 Å². The largest absolute Gasteiger partial charge is 1.00 e. The van der Waals surface area contributed by atoms with Crippen LogP contribution in [0, 0.1) is 0 Å². The van der Waals surface area contributed by atoms with E-state index in [0.717, 1.165) is 6.08 Å². The summed E-state index contributed by atoms with van der Waals surface area (Å²) in [4.78, 5) is 19.3. The number of rotatable bonds is 3. The quantitative estimate of drug-likeness (QED) is 0.342.